The van der Waals surface area contributed by atoms with E-state index >= 15 is 0 Å². The summed E-state index contributed by atoms with van der Waals surface area (Å²) in [6, 6.07) is 2.10. The van der Waals surface area contributed by atoms with Crippen molar-refractivity contribution in [3.8, 4) is 6.07 Å². The molecule has 0 saturated carbocycles. The first-order chi connectivity index (χ1) is 6.04. The quantitative estimate of drug-likeness (QED) is 0.685. The van der Waals surface area contributed by atoms with E-state index in [1.54, 1.807) is 0 Å². The standard InChI is InChI=1S/C10H19NOS/c1-5-10(6-7-11)13(12)9(4)8(2)3/h8-10H,5-6H2,1-4H3. The highest BCUT2D eigenvalue weighted by Crippen LogP contribution is 2.16. The zero-order valence-electron chi connectivity index (χ0n) is 8.91. The normalized spacial score (nSPS) is 17.8. The Bertz CT molecular complexity index is 207. The summed E-state index contributed by atoms with van der Waals surface area (Å²) in [5.41, 5.74) is 0. The number of nitrogens with zero attached hydrogens (tertiary/aromatic N) is 1. The average molecular weight is 201 g/mol. The van der Waals surface area contributed by atoms with Crippen LogP contribution in [0.4, 0.5) is 0 Å². The van der Waals surface area contributed by atoms with Crippen LogP contribution in [-0.4, -0.2) is 14.7 Å². The molecule has 13 heavy (non-hydrogen) atoms. The Morgan fingerprint density at radius 1 is 1.38 bits per heavy atom. The van der Waals surface area contributed by atoms with Crippen molar-refractivity contribution in [3.63, 3.8) is 0 Å². The maximum absolute atomic E-state index is 11.9. The van der Waals surface area contributed by atoms with Crippen molar-refractivity contribution in [1.82, 2.24) is 0 Å². The summed E-state index contributed by atoms with van der Waals surface area (Å²) in [6.45, 7) is 8.14. The Hall–Kier alpha value is -0.360. The molecule has 0 rings (SSSR count). The van der Waals surface area contributed by atoms with E-state index in [-0.39, 0.29) is 10.5 Å². The first-order valence-corrected chi connectivity index (χ1v) is 6.08. The van der Waals surface area contributed by atoms with E-state index in [1.807, 2.05) is 13.8 Å². The highest BCUT2D eigenvalue weighted by Gasteiger charge is 2.22. The van der Waals surface area contributed by atoms with Crippen molar-refractivity contribution in [1.29, 1.82) is 5.26 Å². The van der Waals surface area contributed by atoms with E-state index in [2.05, 4.69) is 19.9 Å². The number of hydrogen-bond acceptors (Lipinski definition) is 2. The number of rotatable bonds is 5. The molecule has 3 atom stereocenters. The minimum absolute atomic E-state index is 0.0578. The zero-order valence-corrected chi connectivity index (χ0v) is 9.73. The van der Waals surface area contributed by atoms with Crippen molar-refractivity contribution in [2.75, 3.05) is 0 Å². The van der Waals surface area contributed by atoms with Gasteiger partial charge in [-0.1, -0.05) is 27.7 Å². The van der Waals surface area contributed by atoms with Crippen LogP contribution in [0.1, 0.15) is 40.5 Å². The van der Waals surface area contributed by atoms with Gasteiger partial charge in [0.2, 0.25) is 0 Å². The molecule has 0 aromatic carbocycles. The van der Waals surface area contributed by atoms with Crippen LogP contribution in [0.5, 0.6) is 0 Å². The summed E-state index contributed by atoms with van der Waals surface area (Å²) in [6.07, 6.45) is 1.25. The first-order valence-electron chi connectivity index (χ1n) is 4.80. The molecule has 3 unspecified atom stereocenters. The predicted octanol–water partition coefficient (Wildman–Crippen LogP) is 2.47. The summed E-state index contributed by atoms with van der Waals surface area (Å²) < 4.78 is 11.9. The van der Waals surface area contributed by atoms with Gasteiger partial charge in [-0.15, -0.1) is 0 Å². The smallest absolute Gasteiger partial charge is 0.0634 e. The van der Waals surface area contributed by atoms with E-state index in [9.17, 15) is 4.21 Å². The molecule has 0 spiro atoms. The summed E-state index contributed by atoms with van der Waals surface area (Å²) in [7, 11) is -0.855. The van der Waals surface area contributed by atoms with Gasteiger partial charge in [0, 0.05) is 27.7 Å². The summed E-state index contributed by atoms with van der Waals surface area (Å²) in [4.78, 5) is 0. The van der Waals surface area contributed by atoms with Crippen LogP contribution in [0, 0.1) is 17.2 Å². The molecule has 0 bridgehead atoms. The highest BCUT2D eigenvalue weighted by molar-refractivity contribution is 7.86. The van der Waals surface area contributed by atoms with Crippen molar-refractivity contribution in [2.45, 2.75) is 51.0 Å². The Kier molecular flexibility index (Phi) is 5.98. The van der Waals surface area contributed by atoms with Crippen molar-refractivity contribution in [3.05, 3.63) is 0 Å². The van der Waals surface area contributed by atoms with E-state index in [0.29, 0.717) is 12.3 Å². The van der Waals surface area contributed by atoms with Crippen LogP contribution >= 0.6 is 0 Å². The minimum Gasteiger partial charge on any atom is -0.259 e. The molecule has 76 valence electrons. The Balaban J connectivity index is 4.29. The molecule has 0 aliphatic carbocycles. The van der Waals surface area contributed by atoms with E-state index < -0.39 is 10.8 Å². The van der Waals surface area contributed by atoms with Crippen LogP contribution < -0.4 is 0 Å². The molecule has 0 aromatic rings. The molecule has 0 amide bonds. The average Bonchev–Trinajstić information content (AvgIpc) is 2.11. The maximum Gasteiger partial charge on any atom is 0.0634 e. The van der Waals surface area contributed by atoms with E-state index in [4.69, 9.17) is 5.26 Å². The third kappa shape index (κ3) is 3.91. The SMILES string of the molecule is CCC(CC#N)S(=O)C(C)C(C)C. The van der Waals surface area contributed by atoms with E-state index in [0.717, 1.165) is 6.42 Å². The van der Waals surface area contributed by atoms with Crippen molar-refractivity contribution < 1.29 is 4.21 Å². The van der Waals surface area contributed by atoms with Gasteiger partial charge in [-0.2, -0.15) is 5.26 Å². The van der Waals surface area contributed by atoms with Crippen LogP contribution in [0.2, 0.25) is 0 Å². The van der Waals surface area contributed by atoms with Gasteiger partial charge in [-0.05, 0) is 12.3 Å². The van der Waals surface area contributed by atoms with Gasteiger partial charge < -0.3 is 0 Å². The topological polar surface area (TPSA) is 40.9 Å². The molecule has 0 fully saturated rings. The fourth-order valence-corrected chi connectivity index (χ4v) is 2.78. The third-order valence-electron chi connectivity index (χ3n) is 2.41. The predicted molar refractivity (Wildman–Crippen MR) is 56.8 cm³/mol. The Morgan fingerprint density at radius 2 is 1.92 bits per heavy atom. The largest absolute Gasteiger partial charge is 0.259 e. The molecule has 0 aliphatic rings. The van der Waals surface area contributed by atoms with E-state index in [1.165, 1.54) is 0 Å². The van der Waals surface area contributed by atoms with Gasteiger partial charge in [-0.3, -0.25) is 4.21 Å². The fraction of sp³-hybridized carbons (Fsp3) is 0.900. The summed E-state index contributed by atoms with van der Waals surface area (Å²) >= 11 is 0. The van der Waals surface area contributed by atoms with Gasteiger partial charge in [0.05, 0.1) is 6.07 Å². The fourth-order valence-electron chi connectivity index (χ4n) is 1.06. The molecule has 0 aromatic heterocycles. The maximum atomic E-state index is 11.9. The highest BCUT2D eigenvalue weighted by atomic mass is 32.2. The lowest BCUT2D eigenvalue weighted by molar-refractivity contribution is 0.593. The number of hydrogen-bond donors (Lipinski definition) is 0. The summed E-state index contributed by atoms with van der Waals surface area (Å²) in [5, 5.41) is 8.80. The van der Waals surface area contributed by atoms with Gasteiger partial charge in [-0.25, -0.2) is 0 Å². The molecule has 2 nitrogen and oxygen atoms in total. The molecular weight excluding hydrogens is 182 g/mol. The van der Waals surface area contributed by atoms with Crippen LogP contribution in [0.15, 0.2) is 0 Å². The molecule has 0 saturated heterocycles. The van der Waals surface area contributed by atoms with Crippen LogP contribution in [0.25, 0.3) is 0 Å². The third-order valence-corrected chi connectivity index (χ3v) is 4.84. The molecule has 3 heteroatoms. The minimum atomic E-state index is -0.855. The van der Waals surface area contributed by atoms with Crippen LogP contribution in [-0.2, 0) is 10.8 Å². The Labute approximate surface area is 83.8 Å². The second-order valence-electron chi connectivity index (χ2n) is 3.67. The van der Waals surface area contributed by atoms with Gasteiger partial charge in [0.1, 0.15) is 0 Å². The lowest BCUT2D eigenvalue weighted by atomic mass is 10.2. The second kappa shape index (κ2) is 6.15. The second-order valence-corrected chi connectivity index (χ2v) is 5.74. The number of nitriles is 1. The zero-order chi connectivity index (χ0) is 10.4. The van der Waals surface area contributed by atoms with Crippen molar-refractivity contribution >= 4 is 10.8 Å². The molecule has 0 aliphatic heterocycles. The molecule has 0 N–H and O–H groups in total. The molecular formula is C10H19NOS. The molecule has 0 radical (unpaired) electrons. The monoisotopic (exact) mass is 201 g/mol. The van der Waals surface area contributed by atoms with Crippen LogP contribution in [0.3, 0.4) is 0 Å². The lowest BCUT2D eigenvalue weighted by Crippen LogP contribution is -2.27. The van der Waals surface area contributed by atoms with Gasteiger partial charge in [0.25, 0.3) is 0 Å². The summed E-state index contributed by atoms with van der Waals surface area (Å²) in [5.74, 6) is 0.425. The van der Waals surface area contributed by atoms with Gasteiger partial charge in [0.15, 0.2) is 0 Å². The lowest BCUT2D eigenvalue weighted by Gasteiger charge is -2.20. The Morgan fingerprint density at radius 3 is 2.23 bits per heavy atom. The van der Waals surface area contributed by atoms with Crippen molar-refractivity contribution in [2.24, 2.45) is 5.92 Å². The first kappa shape index (κ1) is 12.6. The molecule has 0 heterocycles. The van der Waals surface area contributed by atoms with Gasteiger partial charge >= 0.3 is 0 Å².